The first-order chi connectivity index (χ1) is 6.20. The Balaban J connectivity index is 2.95. The Morgan fingerprint density at radius 2 is 2.31 bits per heavy atom. The maximum atomic E-state index is 11.1. The van der Waals surface area contributed by atoms with Crippen LogP contribution in [0.3, 0.4) is 0 Å². The normalized spacial score (nSPS) is 10.5. The molecule has 0 radical (unpaired) electrons. The van der Waals surface area contributed by atoms with Crippen molar-refractivity contribution < 1.29 is 9.90 Å². The van der Waals surface area contributed by atoms with Crippen molar-refractivity contribution in [3.8, 4) is 0 Å². The predicted molar refractivity (Wildman–Crippen MR) is 40.6 cm³/mol. The number of nitrogens with one attached hydrogen (secondary N) is 1. The zero-order valence-corrected chi connectivity index (χ0v) is 6.26. The molecule has 0 fully saturated rings. The van der Waals surface area contributed by atoms with Crippen LogP contribution in [0.2, 0.25) is 0 Å². The van der Waals surface area contributed by atoms with Crippen LogP contribution in [0, 0.1) is 0 Å². The van der Waals surface area contributed by atoms with Gasteiger partial charge in [-0.15, -0.1) is 9.73 Å². The minimum atomic E-state index is -1.20. The van der Waals surface area contributed by atoms with E-state index < -0.39 is 11.5 Å². The smallest absolute Gasteiger partial charge is 0.339 e. The molecule has 0 aromatic carbocycles. The minimum absolute atomic E-state index is 0.0602. The molecule has 13 heavy (non-hydrogen) atoms. The van der Waals surface area contributed by atoms with E-state index in [4.69, 9.17) is 5.11 Å². The van der Waals surface area contributed by atoms with Crippen LogP contribution in [0.15, 0.2) is 17.3 Å². The van der Waals surface area contributed by atoms with E-state index in [1.807, 2.05) is 0 Å². The molecule has 2 aromatic heterocycles. The van der Waals surface area contributed by atoms with Gasteiger partial charge in [-0.05, 0) is 0 Å². The van der Waals surface area contributed by atoms with E-state index in [0.717, 1.165) is 17.2 Å². The van der Waals surface area contributed by atoms with Gasteiger partial charge in [0.2, 0.25) is 0 Å². The van der Waals surface area contributed by atoms with Gasteiger partial charge >= 0.3 is 5.97 Å². The molecule has 0 spiro atoms. The third-order valence-corrected chi connectivity index (χ3v) is 1.56. The Labute approximate surface area is 70.6 Å². The first-order valence-corrected chi connectivity index (χ1v) is 3.35. The third-order valence-electron chi connectivity index (χ3n) is 1.56. The van der Waals surface area contributed by atoms with Gasteiger partial charge in [0.15, 0.2) is 5.52 Å². The number of H-pyrrole nitrogens is 1. The number of aromatic nitrogens is 4. The maximum Gasteiger partial charge on any atom is 0.339 e. The lowest BCUT2D eigenvalue weighted by molar-refractivity contribution is 0.0699. The van der Waals surface area contributed by atoms with Crippen LogP contribution in [0.1, 0.15) is 10.4 Å². The fourth-order valence-corrected chi connectivity index (χ4v) is 1.01. The summed E-state index contributed by atoms with van der Waals surface area (Å²) in [6.45, 7) is 0. The fourth-order valence-electron chi connectivity index (χ4n) is 1.01. The summed E-state index contributed by atoms with van der Waals surface area (Å²) in [6.07, 6.45) is 2.23. The van der Waals surface area contributed by atoms with Gasteiger partial charge in [0.1, 0.15) is 11.9 Å². The van der Waals surface area contributed by atoms with Gasteiger partial charge in [-0.25, -0.2) is 4.79 Å². The quantitative estimate of drug-likeness (QED) is 0.593. The highest BCUT2D eigenvalue weighted by Crippen LogP contribution is 2.02. The molecular formula is C6H4N4O3. The molecule has 0 saturated carbocycles. The summed E-state index contributed by atoms with van der Waals surface area (Å²) in [6, 6.07) is 0. The largest absolute Gasteiger partial charge is 0.478 e. The van der Waals surface area contributed by atoms with Crippen molar-refractivity contribution in [1.29, 1.82) is 0 Å². The number of rotatable bonds is 1. The second-order valence-electron chi connectivity index (χ2n) is 2.32. The Morgan fingerprint density at radius 3 is 3.00 bits per heavy atom. The lowest BCUT2D eigenvalue weighted by Gasteiger charge is -1.89. The number of aromatic amines is 1. The van der Waals surface area contributed by atoms with Crippen LogP contribution in [0.4, 0.5) is 0 Å². The van der Waals surface area contributed by atoms with Crippen LogP contribution < -0.4 is 5.56 Å². The Bertz CT molecular complexity index is 526. The average Bonchev–Trinajstić information content (AvgIpc) is 2.49. The monoisotopic (exact) mass is 180 g/mol. The van der Waals surface area contributed by atoms with Crippen molar-refractivity contribution in [1.82, 2.24) is 19.8 Å². The van der Waals surface area contributed by atoms with E-state index in [0.29, 0.717) is 0 Å². The lowest BCUT2D eigenvalue weighted by atomic mass is 10.3. The maximum absolute atomic E-state index is 11.1. The van der Waals surface area contributed by atoms with Crippen molar-refractivity contribution in [3.05, 3.63) is 28.4 Å². The molecule has 0 unspecified atom stereocenters. The van der Waals surface area contributed by atoms with E-state index in [9.17, 15) is 9.59 Å². The molecule has 0 atom stereocenters. The van der Waals surface area contributed by atoms with Crippen LogP contribution in [-0.4, -0.2) is 30.9 Å². The van der Waals surface area contributed by atoms with Crippen molar-refractivity contribution in [2.24, 2.45) is 0 Å². The molecule has 0 aliphatic heterocycles. The van der Waals surface area contributed by atoms with Gasteiger partial charge in [-0.2, -0.15) is 5.10 Å². The van der Waals surface area contributed by atoms with Crippen molar-refractivity contribution >= 4 is 11.5 Å². The fraction of sp³-hybridized carbons (Fsp3) is 0. The zero-order chi connectivity index (χ0) is 9.42. The van der Waals surface area contributed by atoms with Crippen molar-refractivity contribution in [3.63, 3.8) is 0 Å². The number of carbonyl (C=O) groups is 1. The van der Waals surface area contributed by atoms with Crippen LogP contribution in [-0.2, 0) is 0 Å². The number of carboxylic acid groups (broad SMARTS) is 1. The highest BCUT2D eigenvalue weighted by atomic mass is 16.4. The summed E-state index contributed by atoms with van der Waals surface area (Å²) in [5.41, 5.74) is -0.741. The summed E-state index contributed by atoms with van der Waals surface area (Å²) in [7, 11) is 0. The van der Waals surface area contributed by atoms with Gasteiger partial charge in [-0.1, -0.05) is 0 Å². The molecule has 2 aromatic rings. The zero-order valence-electron chi connectivity index (χ0n) is 6.26. The van der Waals surface area contributed by atoms with Gasteiger partial charge in [0.05, 0.1) is 6.20 Å². The third kappa shape index (κ3) is 0.975. The number of fused-ring (bicyclic) bond motifs is 1. The van der Waals surface area contributed by atoms with E-state index in [2.05, 4.69) is 15.2 Å². The lowest BCUT2D eigenvalue weighted by Crippen LogP contribution is -2.13. The molecule has 7 heteroatoms. The second kappa shape index (κ2) is 2.41. The second-order valence-corrected chi connectivity index (χ2v) is 2.32. The van der Waals surface area contributed by atoms with E-state index in [1.54, 1.807) is 0 Å². The van der Waals surface area contributed by atoms with E-state index in [-0.39, 0.29) is 11.1 Å². The topological polar surface area (TPSA) is 100 Å². The highest BCUT2D eigenvalue weighted by Gasteiger charge is 2.14. The van der Waals surface area contributed by atoms with Crippen LogP contribution >= 0.6 is 0 Å². The number of hydrogen-bond donors (Lipinski definition) is 2. The minimum Gasteiger partial charge on any atom is -0.478 e. The molecule has 0 aliphatic rings. The number of aromatic carboxylic acids is 1. The highest BCUT2D eigenvalue weighted by molar-refractivity contribution is 5.94. The van der Waals surface area contributed by atoms with Crippen molar-refractivity contribution in [2.75, 3.05) is 0 Å². The van der Waals surface area contributed by atoms with E-state index in [1.165, 1.54) is 0 Å². The molecule has 0 bridgehead atoms. The van der Waals surface area contributed by atoms with Crippen molar-refractivity contribution in [2.45, 2.75) is 0 Å². The first kappa shape index (κ1) is 7.47. The Kier molecular flexibility index (Phi) is 1.38. The summed E-state index contributed by atoms with van der Waals surface area (Å²) >= 11 is 0. The molecule has 66 valence electrons. The number of hydrogen-bond acceptors (Lipinski definition) is 4. The Morgan fingerprint density at radius 1 is 1.54 bits per heavy atom. The van der Waals surface area contributed by atoms with Crippen LogP contribution in [0.5, 0.6) is 0 Å². The molecule has 0 amide bonds. The van der Waals surface area contributed by atoms with Gasteiger partial charge in [0.25, 0.3) is 5.56 Å². The van der Waals surface area contributed by atoms with E-state index >= 15 is 0 Å². The molecule has 2 rings (SSSR count). The SMILES string of the molecule is O=C(O)c1cnn2nc[nH]c(=O)c12. The summed E-state index contributed by atoms with van der Waals surface area (Å²) in [5.74, 6) is -1.20. The molecule has 2 heterocycles. The predicted octanol–water partition coefficient (Wildman–Crippen LogP) is -0.884. The summed E-state index contributed by atoms with van der Waals surface area (Å²) in [4.78, 5) is 24.0. The average molecular weight is 180 g/mol. The number of carboxylic acids is 1. The number of nitrogens with zero attached hydrogens (tertiary/aromatic N) is 3. The van der Waals surface area contributed by atoms with Gasteiger partial charge < -0.3 is 10.1 Å². The summed E-state index contributed by atoms with van der Waals surface area (Å²) in [5, 5.41) is 15.9. The molecule has 2 N–H and O–H groups in total. The molecule has 0 saturated heterocycles. The standard InChI is InChI=1S/C6H4N4O3/c11-5-4-3(6(12)13)1-8-10(4)9-2-7-5/h1-2H,(H,12,13)(H,7,9,11). The summed E-state index contributed by atoms with van der Waals surface area (Å²) < 4.78 is 0.974. The molecule has 7 nitrogen and oxygen atoms in total. The Hall–Kier alpha value is -2.18. The van der Waals surface area contributed by atoms with Gasteiger partial charge in [-0.3, -0.25) is 4.79 Å². The molecular weight excluding hydrogens is 176 g/mol. The molecule has 0 aliphatic carbocycles. The van der Waals surface area contributed by atoms with Gasteiger partial charge in [0, 0.05) is 0 Å². The first-order valence-electron chi connectivity index (χ1n) is 3.35. The van der Waals surface area contributed by atoms with Crippen LogP contribution in [0.25, 0.3) is 5.52 Å².